The lowest BCUT2D eigenvalue weighted by Gasteiger charge is -2.26. The van der Waals surface area contributed by atoms with Crippen molar-refractivity contribution in [3.63, 3.8) is 0 Å². The monoisotopic (exact) mass is 355 g/mol. The number of halogens is 1. The van der Waals surface area contributed by atoms with E-state index in [0.717, 1.165) is 26.2 Å². The van der Waals surface area contributed by atoms with Crippen molar-refractivity contribution in [2.24, 2.45) is 0 Å². The number of likely N-dealkylation sites (N-methyl/N-ethyl adjacent to an activating group) is 1. The normalized spacial score (nSPS) is 11.4. The standard InChI is InChI=1S/C17H30BrN3/c1-6-9-21(11-10-20(4)5)16-8-7-15(17(18)12-16)13-19-14(2)3/h7-8,12,14,19H,6,9-11,13H2,1-5H3. The van der Waals surface area contributed by atoms with Gasteiger partial charge in [0, 0.05) is 42.4 Å². The van der Waals surface area contributed by atoms with Gasteiger partial charge in [0.15, 0.2) is 0 Å². The largest absolute Gasteiger partial charge is 0.370 e. The lowest BCUT2D eigenvalue weighted by molar-refractivity contribution is 0.413. The maximum atomic E-state index is 3.72. The minimum absolute atomic E-state index is 0.508. The Bertz CT molecular complexity index is 418. The van der Waals surface area contributed by atoms with Crippen LogP contribution in [0.4, 0.5) is 5.69 Å². The van der Waals surface area contributed by atoms with Gasteiger partial charge in [0.05, 0.1) is 0 Å². The van der Waals surface area contributed by atoms with Crippen molar-refractivity contribution in [3.8, 4) is 0 Å². The van der Waals surface area contributed by atoms with Gasteiger partial charge in [0.2, 0.25) is 0 Å². The average Bonchev–Trinajstić information content (AvgIpc) is 2.41. The first-order valence-electron chi connectivity index (χ1n) is 7.85. The van der Waals surface area contributed by atoms with Crippen LogP contribution in [0, 0.1) is 0 Å². The van der Waals surface area contributed by atoms with Crippen LogP contribution in [0.5, 0.6) is 0 Å². The third kappa shape index (κ3) is 6.81. The highest BCUT2D eigenvalue weighted by molar-refractivity contribution is 9.10. The molecule has 0 heterocycles. The first kappa shape index (κ1) is 18.5. The summed E-state index contributed by atoms with van der Waals surface area (Å²) in [5, 5.41) is 3.47. The van der Waals surface area contributed by atoms with Crippen molar-refractivity contribution >= 4 is 21.6 Å². The zero-order chi connectivity index (χ0) is 15.8. The number of anilines is 1. The van der Waals surface area contributed by atoms with Crippen LogP contribution in [0.1, 0.15) is 32.8 Å². The van der Waals surface area contributed by atoms with Gasteiger partial charge in [-0.3, -0.25) is 0 Å². The van der Waals surface area contributed by atoms with Gasteiger partial charge in [-0.1, -0.05) is 42.8 Å². The maximum Gasteiger partial charge on any atom is 0.0378 e. The van der Waals surface area contributed by atoms with E-state index >= 15 is 0 Å². The van der Waals surface area contributed by atoms with E-state index in [9.17, 15) is 0 Å². The fraction of sp³-hybridized carbons (Fsp3) is 0.647. The minimum atomic E-state index is 0.508. The second kappa shape index (κ2) is 9.44. The Hall–Kier alpha value is -0.580. The molecule has 120 valence electrons. The lowest BCUT2D eigenvalue weighted by Crippen LogP contribution is -2.32. The molecule has 0 aromatic heterocycles. The third-order valence-electron chi connectivity index (χ3n) is 3.41. The molecular formula is C17H30BrN3. The Morgan fingerprint density at radius 3 is 2.38 bits per heavy atom. The zero-order valence-electron chi connectivity index (χ0n) is 14.1. The Morgan fingerprint density at radius 2 is 1.86 bits per heavy atom. The smallest absolute Gasteiger partial charge is 0.0378 e. The van der Waals surface area contributed by atoms with Crippen molar-refractivity contribution in [1.82, 2.24) is 10.2 Å². The predicted molar refractivity (Wildman–Crippen MR) is 97.2 cm³/mol. The maximum absolute atomic E-state index is 3.72. The molecule has 0 saturated carbocycles. The molecule has 0 bridgehead atoms. The minimum Gasteiger partial charge on any atom is -0.370 e. The van der Waals surface area contributed by atoms with Crippen LogP contribution in [0.25, 0.3) is 0 Å². The van der Waals surface area contributed by atoms with Gasteiger partial charge in [0.25, 0.3) is 0 Å². The second-order valence-electron chi connectivity index (χ2n) is 6.10. The van der Waals surface area contributed by atoms with Crippen LogP contribution in [0.2, 0.25) is 0 Å². The topological polar surface area (TPSA) is 18.5 Å². The SMILES string of the molecule is CCCN(CCN(C)C)c1ccc(CNC(C)C)c(Br)c1. The molecule has 0 fully saturated rings. The molecule has 0 unspecified atom stereocenters. The van der Waals surface area contributed by atoms with E-state index in [1.807, 2.05) is 0 Å². The van der Waals surface area contributed by atoms with E-state index in [-0.39, 0.29) is 0 Å². The first-order chi connectivity index (χ1) is 9.93. The molecule has 0 spiro atoms. The summed E-state index contributed by atoms with van der Waals surface area (Å²) in [6.45, 7) is 10.7. The van der Waals surface area contributed by atoms with E-state index in [0.29, 0.717) is 6.04 Å². The summed E-state index contributed by atoms with van der Waals surface area (Å²) < 4.78 is 1.19. The highest BCUT2D eigenvalue weighted by atomic mass is 79.9. The van der Waals surface area contributed by atoms with Gasteiger partial charge >= 0.3 is 0 Å². The van der Waals surface area contributed by atoms with Crippen molar-refractivity contribution < 1.29 is 0 Å². The van der Waals surface area contributed by atoms with Crippen LogP contribution >= 0.6 is 15.9 Å². The van der Waals surface area contributed by atoms with Crippen LogP contribution in [0.15, 0.2) is 22.7 Å². The van der Waals surface area contributed by atoms with Gasteiger partial charge in [-0.05, 0) is 38.2 Å². The summed E-state index contributed by atoms with van der Waals surface area (Å²) in [6.07, 6.45) is 1.17. The molecule has 0 aliphatic heterocycles. The van der Waals surface area contributed by atoms with Crippen LogP contribution in [-0.4, -0.2) is 44.7 Å². The molecule has 3 nitrogen and oxygen atoms in total. The number of hydrogen-bond acceptors (Lipinski definition) is 3. The van der Waals surface area contributed by atoms with E-state index in [1.165, 1.54) is 22.1 Å². The van der Waals surface area contributed by atoms with Gasteiger partial charge in [0.1, 0.15) is 0 Å². The number of hydrogen-bond donors (Lipinski definition) is 1. The molecule has 0 atom stereocenters. The average molecular weight is 356 g/mol. The Morgan fingerprint density at radius 1 is 1.14 bits per heavy atom. The highest BCUT2D eigenvalue weighted by Gasteiger charge is 2.09. The van der Waals surface area contributed by atoms with E-state index < -0.39 is 0 Å². The molecule has 0 radical (unpaired) electrons. The van der Waals surface area contributed by atoms with Gasteiger partial charge in [-0.15, -0.1) is 0 Å². The Labute approximate surface area is 138 Å². The Kier molecular flexibility index (Phi) is 8.30. The number of nitrogens with zero attached hydrogens (tertiary/aromatic N) is 2. The third-order valence-corrected chi connectivity index (χ3v) is 4.15. The van der Waals surface area contributed by atoms with Crippen LogP contribution < -0.4 is 10.2 Å². The lowest BCUT2D eigenvalue weighted by atomic mass is 10.1. The molecule has 1 rings (SSSR count). The van der Waals surface area contributed by atoms with Crippen LogP contribution in [0.3, 0.4) is 0 Å². The molecule has 4 heteroatoms. The molecule has 0 aliphatic rings. The predicted octanol–water partition coefficient (Wildman–Crippen LogP) is 3.73. The molecule has 1 aromatic carbocycles. The van der Waals surface area contributed by atoms with Gasteiger partial charge in [-0.2, -0.15) is 0 Å². The zero-order valence-corrected chi connectivity index (χ0v) is 15.7. The van der Waals surface area contributed by atoms with Crippen molar-refractivity contribution in [3.05, 3.63) is 28.2 Å². The summed E-state index contributed by atoms with van der Waals surface area (Å²) >= 11 is 3.72. The van der Waals surface area contributed by atoms with Gasteiger partial charge < -0.3 is 15.1 Å². The van der Waals surface area contributed by atoms with E-state index in [2.05, 4.69) is 84.1 Å². The molecular weight excluding hydrogens is 326 g/mol. The molecule has 0 saturated heterocycles. The molecule has 21 heavy (non-hydrogen) atoms. The number of benzene rings is 1. The summed E-state index contributed by atoms with van der Waals surface area (Å²) in [7, 11) is 4.25. The Balaban J connectivity index is 2.77. The fourth-order valence-corrected chi connectivity index (χ4v) is 2.66. The summed E-state index contributed by atoms with van der Waals surface area (Å²) in [6, 6.07) is 7.23. The summed E-state index contributed by atoms with van der Waals surface area (Å²) in [5.74, 6) is 0. The van der Waals surface area contributed by atoms with Crippen LogP contribution in [-0.2, 0) is 6.54 Å². The summed E-state index contributed by atoms with van der Waals surface area (Å²) in [4.78, 5) is 4.70. The highest BCUT2D eigenvalue weighted by Crippen LogP contribution is 2.24. The molecule has 0 amide bonds. The fourth-order valence-electron chi connectivity index (χ4n) is 2.15. The first-order valence-corrected chi connectivity index (χ1v) is 8.64. The molecule has 1 N–H and O–H groups in total. The summed E-state index contributed by atoms with van der Waals surface area (Å²) in [5.41, 5.74) is 2.62. The van der Waals surface area contributed by atoms with Crippen molar-refractivity contribution in [2.75, 3.05) is 38.6 Å². The number of rotatable bonds is 9. The quantitative estimate of drug-likeness (QED) is 0.727. The van der Waals surface area contributed by atoms with Crippen molar-refractivity contribution in [2.45, 2.75) is 39.8 Å². The van der Waals surface area contributed by atoms with Gasteiger partial charge in [-0.25, -0.2) is 0 Å². The molecule has 1 aromatic rings. The van der Waals surface area contributed by atoms with Crippen molar-refractivity contribution in [1.29, 1.82) is 0 Å². The number of nitrogens with one attached hydrogen (secondary N) is 1. The molecule has 0 aliphatic carbocycles. The second-order valence-corrected chi connectivity index (χ2v) is 6.96. The van der Waals surface area contributed by atoms with E-state index in [4.69, 9.17) is 0 Å². The van der Waals surface area contributed by atoms with E-state index in [1.54, 1.807) is 0 Å².